The van der Waals surface area contributed by atoms with Crippen LogP contribution >= 0.6 is 0 Å². The summed E-state index contributed by atoms with van der Waals surface area (Å²) in [5, 5.41) is 2.96. The van der Waals surface area contributed by atoms with Crippen LogP contribution in [0.15, 0.2) is 23.1 Å². The van der Waals surface area contributed by atoms with Gasteiger partial charge in [-0.05, 0) is 18.6 Å². The number of imidazole rings is 1. The van der Waals surface area contributed by atoms with Crippen LogP contribution in [0.3, 0.4) is 0 Å². The monoisotopic (exact) mass is 417 g/mol. The Labute approximate surface area is 168 Å². The number of halogens is 2. The third-order valence-electron chi connectivity index (χ3n) is 6.02. The van der Waals surface area contributed by atoms with E-state index in [-0.39, 0.29) is 17.7 Å². The minimum Gasteiger partial charge on any atom is -0.324 e. The second-order valence-corrected chi connectivity index (χ2v) is 14.0. The quantitative estimate of drug-likeness (QED) is 0.637. The van der Waals surface area contributed by atoms with Crippen LogP contribution in [0.25, 0.3) is 11.2 Å². The predicted octanol–water partition coefficient (Wildman–Crippen LogP) is 4.50. The van der Waals surface area contributed by atoms with Crippen LogP contribution in [-0.4, -0.2) is 27.2 Å². The molecule has 1 aliphatic heterocycles. The molecule has 9 heteroatoms. The number of anilines is 2. The highest BCUT2D eigenvalue weighted by Gasteiger charge is 2.26. The van der Waals surface area contributed by atoms with Gasteiger partial charge in [0.1, 0.15) is 5.52 Å². The van der Waals surface area contributed by atoms with Crippen molar-refractivity contribution in [3.63, 3.8) is 0 Å². The molecule has 6 nitrogen and oxygen atoms in total. The molecule has 1 aliphatic rings. The minimum absolute atomic E-state index is 0.0955. The first-order valence-corrected chi connectivity index (χ1v) is 13.2. The van der Waals surface area contributed by atoms with Crippen molar-refractivity contribution in [1.82, 2.24) is 19.1 Å². The van der Waals surface area contributed by atoms with E-state index in [0.717, 1.165) is 25.0 Å². The largest absolute Gasteiger partial charge is 0.330 e. The molecule has 0 amide bonds. The van der Waals surface area contributed by atoms with Crippen molar-refractivity contribution in [3.8, 4) is 0 Å². The lowest BCUT2D eigenvalue weighted by molar-refractivity contribution is 0.443. The Morgan fingerprint density at radius 2 is 1.83 bits per heavy atom. The van der Waals surface area contributed by atoms with E-state index in [9.17, 15) is 13.6 Å². The number of hydrogen-bond acceptors (Lipinski definition) is 4. The lowest BCUT2D eigenvalue weighted by Crippen LogP contribution is -2.35. The number of rotatable bonds is 3. The summed E-state index contributed by atoms with van der Waals surface area (Å²) >= 11 is 0. The summed E-state index contributed by atoms with van der Waals surface area (Å²) in [6.45, 7) is 6.46. The fourth-order valence-corrected chi connectivity index (χ4v) is 6.55. The molecule has 29 heavy (non-hydrogen) atoms. The fourth-order valence-electron chi connectivity index (χ4n) is 4.07. The Morgan fingerprint density at radius 1 is 1.17 bits per heavy atom. The van der Waals surface area contributed by atoms with Crippen molar-refractivity contribution >= 4 is 30.9 Å². The van der Waals surface area contributed by atoms with E-state index in [0.29, 0.717) is 22.4 Å². The van der Waals surface area contributed by atoms with E-state index in [1.165, 1.54) is 12.1 Å². The number of nitrogens with one attached hydrogen (secondary N) is 1. The van der Waals surface area contributed by atoms with E-state index in [2.05, 4.69) is 28.4 Å². The van der Waals surface area contributed by atoms with Gasteiger partial charge in [-0.1, -0.05) is 12.8 Å². The van der Waals surface area contributed by atoms with Crippen LogP contribution in [-0.2, 0) is 7.05 Å². The van der Waals surface area contributed by atoms with Gasteiger partial charge in [0.15, 0.2) is 17.3 Å². The van der Waals surface area contributed by atoms with Crippen LogP contribution in [0, 0.1) is 18.6 Å². The molecule has 1 saturated heterocycles. The Morgan fingerprint density at radius 3 is 2.52 bits per heavy atom. The van der Waals surface area contributed by atoms with Gasteiger partial charge in [-0.25, -0.2) is 18.6 Å². The first-order valence-electron chi connectivity index (χ1n) is 9.83. The van der Waals surface area contributed by atoms with Gasteiger partial charge >= 0.3 is 5.69 Å². The van der Waals surface area contributed by atoms with Crippen LogP contribution in [0.5, 0.6) is 0 Å². The van der Waals surface area contributed by atoms with Crippen molar-refractivity contribution < 1.29 is 8.78 Å². The van der Waals surface area contributed by atoms with Gasteiger partial charge in [0.25, 0.3) is 0 Å². The maximum atomic E-state index is 13.6. The number of nitrogens with zero attached hydrogens (tertiary/aromatic N) is 4. The molecule has 2 aromatic heterocycles. The van der Waals surface area contributed by atoms with Crippen molar-refractivity contribution in [2.24, 2.45) is 7.05 Å². The summed E-state index contributed by atoms with van der Waals surface area (Å²) in [7, 11) is 0.566. The van der Waals surface area contributed by atoms with E-state index >= 15 is 0 Å². The van der Waals surface area contributed by atoms with Crippen molar-refractivity contribution in [1.29, 1.82) is 0 Å². The lowest BCUT2D eigenvalue weighted by atomic mass is 10.1. The second-order valence-electron chi connectivity index (χ2n) is 8.72. The standard InChI is InChI=1S/C20H25F2N5OSi/c1-12-9-14(21)15(22)10-16(12)24-19-23-11-17-18(25-19)27(20(28)26(17)2)13-5-7-29(3,4)8-6-13/h9-11,13H,5-8H2,1-4H3,(H,23,24,25)/q-1. The van der Waals surface area contributed by atoms with Crippen LogP contribution in [0.4, 0.5) is 20.4 Å². The lowest BCUT2D eigenvalue weighted by Gasteiger charge is -2.41. The van der Waals surface area contributed by atoms with Crippen molar-refractivity contribution in [2.75, 3.05) is 5.32 Å². The molecule has 1 aromatic carbocycles. The smallest absolute Gasteiger partial charge is 0.324 e. The molecule has 0 radical (unpaired) electrons. The average Bonchev–Trinajstić information content (AvgIpc) is 2.90. The minimum atomic E-state index is -1.15. The number of aromatic nitrogens is 4. The Kier molecular flexibility index (Phi) is 4.80. The summed E-state index contributed by atoms with van der Waals surface area (Å²) in [4.78, 5) is 21.8. The third-order valence-corrected chi connectivity index (χ3v) is 9.30. The molecule has 0 aliphatic carbocycles. The molecule has 0 atom stereocenters. The molecular weight excluding hydrogens is 392 g/mol. The van der Waals surface area contributed by atoms with E-state index in [1.807, 2.05) is 0 Å². The molecular formula is C20H25F2N5OSi-. The summed E-state index contributed by atoms with van der Waals surface area (Å²) in [5.74, 6) is -1.59. The highest BCUT2D eigenvalue weighted by atomic mass is 28.3. The van der Waals surface area contributed by atoms with Crippen LogP contribution in [0.1, 0.15) is 24.4 Å². The summed E-state index contributed by atoms with van der Waals surface area (Å²) in [5.41, 5.74) is 2.06. The first kappa shape index (κ1) is 19.7. The maximum Gasteiger partial charge on any atom is 0.330 e. The summed E-state index contributed by atoms with van der Waals surface area (Å²) < 4.78 is 30.4. The second kappa shape index (κ2) is 7.05. The predicted molar refractivity (Wildman–Crippen MR) is 113 cm³/mol. The number of benzene rings is 1. The highest BCUT2D eigenvalue weighted by Crippen LogP contribution is 2.35. The zero-order chi connectivity index (χ0) is 20.9. The SMILES string of the molecule is Cc1cc(F)c(F)cc1Nc1ncc2c(n1)n(C1CC[Si-](C)(C)CC1)c(=O)n2C. The normalized spacial score (nSPS) is 17.0. The zero-order valence-corrected chi connectivity index (χ0v) is 18.1. The Balaban J connectivity index is 1.74. The molecule has 0 saturated carbocycles. The third kappa shape index (κ3) is 3.59. The first-order chi connectivity index (χ1) is 13.7. The highest BCUT2D eigenvalue weighted by molar-refractivity contribution is 6.77. The average molecular weight is 418 g/mol. The van der Waals surface area contributed by atoms with Gasteiger partial charge in [-0.2, -0.15) is 30.2 Å². The van der Waals surface area contributed by atoms with E-state index in [1.54, 1.807) is 29.3 Å². The molecule has 0 spiro atoms. The molecule has 0 unspecified atom stereocenters. The molecule has 1 N–H and O–H groups in total. The molecule has 3 aromatic rings. The molecule has 1 fully saturated rings. The van der Waals surface area contributed by atoms with Gasteiger partial charge in [-0.3, -0.25) is 9.13 Å². The van der Waals surface area contributed by atoms with Crippen molar-refractivity contribution in [3.05, 3.63) is 46.0 Å². The van der Waals surface area contributed by atoms with Gasteiger partial charge in [0.05, 0.1) is 6.20 Å². The van der Waals surface area contributed by atoms with Gasteiger partial charge in [0.2, 0.25) is 5.95 Å². The fraction of sp³-hybridized carbons (Fsp3) is 0.450. The van der Waals surface area contributed by atoms with Gasteiger partial charge in [-0.15, -0.1) is 8.07 Å². The van der Waals surface area contributed by atoms with Crippen LogP contribution < -0.4 is 11.0 Å². The zero-order valence-electron chi connectivity index (χ0n) is 17.1. The van der Waals surface area contributed by atoms with Gasteiger partial charge in [0, 0.05) is 24.8 Å². The molecule has 0 bridgehead atoms. The Bertz CT molecular complexity index is 1140. The molecule has 3 heterocycles. The number of aryl methyl sites for hydroxylation is 2. The summed E-state index contributed by atoms with van der Waals surface area (Å²) in [6.07, 6.45) is 3.56. The number of fused-ring (bicyclic) bond motifs is 1. The molecule has 4 rings (SSSR count). The number of hydrogen-bond donors (Lipinski definition) is 1. The molecule has 155 valence electrons. The summed E-state index contributed by atoms with van der Waals surface area (Å²) in [6, 6.07) is 4.71. The maximum absolute atomic E-state index is 13.6. The Hall–Kier alpha value is -2.55. The van der Waals surface area contributed by atoms with Gasteiger partial charge < -0.3 is 5.32 Å². The van der Waals surface area contributed by atoms with E-state index in [4.69, 9.17) is 0 Å². The van der Waals surface area contributed by atoms with E-state index < -0.39 is 19.7 Å². The van der Waals surface area contributed by atoms with Crippen LogP contribution in [0.2, 0.25) is 25.2 Å². The van der Waals surface area contributed by atoms with Crippen molar-refractivity contribution in [2.45, 2.75) is 51.0 Å². The topological polar surface area (TPSA) is 64.7 Å².